The number of aromatic nitrogens is 4. The van der Waals surface area contributed by atoms with Crippen LogP contribution in [0.2, 0.25) is 0 Å². The zero-order chi connectivity index (χ0) is 19.4. The minimum atomic E-state index is -0.947. The number of thiophene rings is 1. The van der Waals surface area contributed by atoms with E-state index >= 15 is 0 Å². The highest BCUT2D eigenvalue weighted by molar-refractivity contribution is 7.13. The average Bonchev–Trinajstić information content (AvgIpc) is 3.29. The number of amides is 1. The van der Waals surface area contributed by atoms with Crippen molar-refractivity contribution >= 4 is 28.9 Å². The summed E-state index contributed by atoms with van der Waals surface area (Å²) < 4.78 is 5.18. The molecule has 0 radical (unpaired) electrons. The van der Waals surface area contributed by atoms with Crippen LogP contribution in [0.5, 0.6) is 0 Å². The van der Waals surface area contributed by atoms with Gasteiger partial charge in [-0.1, -0.05) is 18.2 Å². The number of carbonyl (C=O) groups is 2. The van der Waals surface area contributed by atoms with Crippen molar-refractivity contribution in [2.75, 3.05) is 5.32 Å². The van der Waals surface area contributed by atoms with E-state index in [1.807, 2.05) is 49.6 Å². The molecule has 27 heavy (non-hydrogen) atoms. The lowest BCUT2D eigenvalue weighted by Gasteiger charge is -2.15. The van der Waals surface area contributed by atoms with Gasteiger partial charge in [-0.25, -0.2) is 4.79 Å². The van der Waals surface area contributed by atoms with Crippen molar-refractivity contribution in [1.82, 2.24) is 20.2 Å². The first-order valence-corrected chi connectivity index (χ1v) is 9.19. The third-order valence-electron chi connectivity index (χ3n) is 3.79. The highest BCUT2D eigenvalue weighted by atomic mass is 32.1. The summed E-state index contributed by atoms with van der Waals surface area (Å²) in [6.07, 6.45) is -0.947. The maximum absolute atomic E-state index is 12.3. The zero-order valence-corrected chi connectivity index (χ0v) is 16.0. The standard InChI is InChI=1S/C18H19N5O3S/c1-11-6-7-12(2)14(9-11)19-18(25)13(3)26-16(24)10-23-21-17(20-22-23)15-5-4-8-27-15/h4-9,13H,10H2,1-3H3,(H,19,25)/t13-/m1/s1. The lowest BCUT2D eigenvalue weighted by molar-refractivity contribution is -0.154. The molecular weight excluding hydrogens is 366 g/mol. The summed E-state index contributed by atoms with van der Waals surface area (Å²) in [5.41, 5.74) is 2.65. The van der Waals surface area contributed by atoms with E-state index in [0.29, 0.717) is 11.5 Å². The van der Waals surface area contributed by atoms with Crippen molar-refractivity contribution < 1.29 is 14.3 Å². The molecule has 0 bridgehead atoms. The largest absolute Gasteiger partial charge is 0.451 e. The molecule has 2 heterocycles. The number of rotatable bonds is 6. The Labute approximate surface area is 160 Å². The number of carbonyl (C=O) groups excluding carboxylic acids is 2. The molecule has 8 nitrogen and oxygen atoms in total. The van der Waals surface area contributed by atoms with Crippen LogP contribution < -0.4 is 5.32 Å². The fourth-order valence-electron chi connectivity index (χ4n) is 2.32. The molecule has 0 aliphatic rings. The predicted octanol–water partition coefficient (Wildman–Crippen LogP) is 2.59. The van der Waals surface area contributed by atoms with E-state index in [1.54, 1.807) is 0 Å². The molecule has 1 N–H and O–H groups in total. The number of hydrogen-bond acceptors (Lipinski definition) is 7. The summed E-state index contributed by atoms with van der Waals surface area (Å²) in [4.78, 5) is 26.4. The molecule has 0 saturated carbocycles. The van der Waals surface area contributed by atoms with Crippen molar-refractivity contribution in [2.24, 2.45) is 0 Å². The number of nitrogens with zero attached hydrogens (tertiary/aromatic N) is 4. The van der Waals surface area contributed by atoms with Crippen LogP contribution in [0.3, 0.4) is 0 Å². The molecule has 9 heteroatoms. The van der Waals surface area contributed by atoms with Gasteiger partial charge in [-0.15, -0.1) is 21.5 Å². The number of anilines is 1. The second-order valence-electron chi connectivity index (χ2n) is 6.06. The number of hydrogen-bond donors (Lipinski definition) is 1. The molecule has 3 aromatic rings. The van der Waals surface area contributed by atoms with Gasteiger partial charge in [0.1, 0.15) is 0 Å². The van der Waals surface area contributed by atoms with Crippen LogP contribution in [0, 0.1) is 13.8 Å². The minimum absolute atomic E-state index is 0.223. The van der Waals surface area contributed by atoms with E-state index in [0.717, 1.165) is 20.8 Å². The Kier molecular flexibility index (Phi) is 5.60. The Hall–Kier alpha value is -3.07. The quantitative estimate of drug-likeness (QED) is 0.655. The van der Waals surface area contributed by atoms with Crippen molar-refractivity contribution in [3.63, 3.8) is 0 Å². The fraction of sp³-hybridized carbons (Fsp3) is 0.278. The van der Waals surface area contributed by atoms with E-state index in [1.165, 1.54) is 18.3 Å². The average molecular weight is 385 g/mol. The van der Waals surface area contributed by atoms with Crippen molar-refractivity contribution in [3.8, 4) is 10.7 Å². The number of aryl methyl sites for hydroxylation is 2. The normalized spacial score (nSPS) is 11.8. The van der Waals surface area contributed by atoms with Crippen LogP contribution in [0.1, 0.15) is 18.1 Å². The maximum atomic E-state index is 12.3. The Bertz CT molecular complexity index is 952. The van der Waals surface area contributed by atoms with Crippen LogP contribution in [0.25, 0.3) is 10.7 Å². The van der Waals surface area contributed by atoms with Crippen LogP contribution in [0.4, 0.5) is 5.69 Å². The SMILES string of the molecule is Cc1ccc(C)c(NC(=O)[C@@H](C)OC(=O)Cn2nnc(-c3cccs3)n2)c1. The Morgan fingerprint density at radius 3 is 2.85 bits per heavy atom. The van der Waals surface area contributed by atoms with E-state index in [4.69, 9.17) is 4.74 Å². The second kappa shape index (κ2) is 8.09. The molecule has 1 amide bonds. The van der Waals surface area contributed by atoms with Gasteiger partial charge in [0, 0.05) is 5.69 Å². The highest BCUT2D eigenvalue weighted by Crippen LogP contribution is 2.19. The maximum Gasteiger partial charge on any atom is 0.330 e. The molecule has 0 aliphatic carbocycles. The van der Waals surface area contributed by atoms with Gasteiger partial charge >= 0.3 is 5.97 Å². The Morgan fingerprint density at radius 1 is 1.30 bits per heavy atom. The van der Waals surface area contributed by atoms with Crippen LogP contribution >= 0.6 is 11.3 Å². The van der Waals surface area contributed by atoms with Gasteiger partial charge in [-0.05, 0) is 54.6 Å². The molecule has 0 spiro atoms. The Balaban J connectivity index is 1.55. The van der Waals surface area contributed by atoms with E-state index in [2.05, 4.69) is 20.7 Å². The lowest BCUT2D eigenvalue weighted by atomic mass is 10.1. The summed E-state index contributed by atoms with van der Waals surface area (Å²) in [5.74, 6) is -0.574. The monoisotopic (exact) mass is 385 g/mol. The van der Waals surface area contributed by atoms with Gasteiger partial charge in [0.15, 0.2) is 12.6 Å². The van der Waals surface area contributed by atoms with Gasteiger partial charge in [-0.3, -0.25) is 4.79 Å². The zero-order valence-electron chi connectivity index (χ0n) is 15.2. The first kappa shape index (κ1) is 18.7. The molecule has 1 aromatic carbocycles. The van der Waals surface area contributed by atoms with Crippen LogP contribution in [-0.4, -0.2) is 38.2 Å². The number of tetrazole rings is 1. The second-order valence-corrected chi connectivity index (χ2v) is 7.01. The van der Waals surface area contributed by atoms with Crippen molar-refractivity contribution in [2.45, 2.75) is 33.4 Å². The fourth-order valence-corrected chi connectivity index (χ4v) is 2.97. The van der Waals surface area contributed by atoms with Crippen LogP contribution in [-0.2, 0) is 20.9 Å². The van der Waals surface area contributed by atoms with E-state index < -0.39 is 18.0 Å². The first-order valence-electron chi connectivity index (χ1n) is 8.31. The predicted molar refractivity (Wildman–Crippen MR) is 101 cm³/mol. The molecule has 2 aromatic heterocycles. The molecule has 0 fully saturated rings. The third-order valence-corrected chi connectivity index (χ3v) is 4.66. The van der Waals surface area contributed by atoms with E-state index in [-0.39, 0.29) is 6.54 Å². The molecule has 3 rings (SSSR count). The third kappa shape index (κ3) is 4.76. The van der Waals surface area contributed by atoms with E-state index in [9.17, 15) is 9.59 Å². The highest BCUT2D eigenvalue weighted by Gasteiger charge is 2.20. The lowest BCUT2D eigenvalue weighted by Crippen LogP contribution is -2.31. The number of ether oxygens (including phenoxy) is 1. The molecule has 0 aliphatic heterocycles. The van der Waals surface area contributed by atoms with Crippen molar-refractivity contribution in [1.29, 1.82) is 0 Å². The minimum Gasteiger partial charge on any atom is -0.451 e. The number of esters is 1. The smallest absolute Gasteiger partial charge is 0.330 e. The summed E-state index contributed by atoms with van der Waals surface area (Å²) >= 11 is 1.48. The van der Waals surface area contributed by atoms with Gasteiger partial charge in [0.05, 0.1) is 4.88 Å². The van der Waals surface area contributed by atoms with Gasteiger partial charge in [-0.2, -0.15) is 4.80 Å². The summed E-state index contributed by atoms with van der Waals surface area (Å²) in [6.45, 7) is 5.13. The van der Waals surface area contributed by atoms with Crippen LogP contribution in [0.15, 0.2) is 35.7 Å². The molecule has 1 atom stereocenters. The van der Waals surface area contributed by atoms with Gasteiger partial charge in [0.25, 0.3) is 5.91 Å². The molecule has 0 unspecified atom stereocenters. The molecular formula is C18H19N5O3S. The topological polar surface area (TPSA) is 99.0 Å². The Morgan fingerprint density at radius 2 is 2.11 bits per heavy atom. The van der Waals surface area contributed by atoms with Crippen molar-refractivity contribution in [3.05, 3.63) is 46.8 Å². The number of nitrogens with one attached hydrogen (secondary N) is 1. The molecule has 140 valence electrons. The molecule has 0 saturated heterocycles. The summed E-state index contributed by atoms with van der Waals surface area (Å²) in [6, 6.07) is 9.50. The first-order chi connectivity index (χ1) is 12.9. The number of benzene rings is 1. The van der Waals surface area contributed by atoms with Gasteiger partial charge in [0.2, 0.25) is 5.82 Å². The van der Waals surface area contributed by atoms with Gasteiger partial charge < -0.3 is 10.1 Å². The summed E-state index contributed by atoms with van der Waals surface area (Å²) in [5, 5.41) is 16.6. The summed E-state index contributed by atoms with van der Waals surface area (Å²) in [7, 11) is 0.